The van der Waals surface area contributed by atoms with E-state index >= 15 is 0 Å². The van der Waals surface area contributed by atoms with Gasteiger partial charge in [-0.2, -0.15) is 0 Å². The van der Waals surface area contributed by atoms with E-state index in [0.29, 0.717) is 17.4 Å². The zero-order valence-electron chi connectivity index (χ0n) is 10.9. The van der Waals surface area contributed by atoms with E-state index < -0.39 is 0 Å². The molecule has 1 rings (SSSR count). The second-order valence-corrected chi connectivity index (χ2v) is 5.68. The van der Waals surface area contributed by atoms with Crippen molar-refractivity contribution in [2.24, 2.45) is 5.92 Å². The van der Waals surface area contributed by atoms with Gasteiger partial charge in [-0.3, -0.25) is 0 Å². The lowest BCUT2D eigenvalue weighted by Crippen LogP contribution is -2.08. The van der Waals surface area contributed by atoms with Crippen molar-refractivity contribution in [3.63, 3.8) is 0 Å². The van der Waals surface area contributed by atoms with E-state index in [1.54, 1.807) is 0 Å². The van der Waals surface area contributed by atoms with Gasteiger partial charge in [-0.05, 0) is 18.8 Å². The lowest BCUT2D eigenvalue weighted by molar-refractivity contribution is 0.113. The first-order chi connectivity index (χ1) is 8.13. The van der Waals surface area contributed by atoms with Gasteiger partial charge in [-0.15, -0.1) is 5.10 Å². The van der Waals surface area contributed by atoms with Crippen LogP contribution in [0.5, 0.6) is 0 Å². The van der Waals surface area contributed by atoms with Crippen LogP contribution >= 0.6 is 15.9 Å². The molecule has 0 spiro atoms. The molecule has 0 aromatic carbocycles. The Morgan fingerprint density at radius 3 is 2.82 bits per heavy atom. The van der Waals surface area contributed by atoms with Crippen molar-refractivity contribution in [3.05, 3.63) is 11.9 Å². The number of nitrogens with zero attached hydrogens (tertiary/aromatic N) is 3. The summed E-state index contributed by atoms with van der Waals surface area (Å²) in [6.07, 6.45) is 4.11. The van der Waals surface area contributed by atoms with E-state index in [1.165, 1.54) is 0 Å². The average molecular weight is 304 g/mol. The number of hydrogen-bond donors (Lipinski definition) is 0. The van der Waals surface area contributed by atoms with E-state index in [1.807, 2.05) is 10.9 Å². The van der Waals surface area contributed by atoms with Gasteiger partial charge in [0.1, 0.15) is 0 Å². The number of hydrogen-bond acceptors (Lipinski definition) is 3. The molecular formula is C12H22BrN3O. The normalized spacial score (nSPS) is 13.2. The molecule has 0 aliphatic rings. The average Bonchev–Trinajstić information content (AvgIpc) is 2.76. The quantitative estimate of drug-likeness (QED) is 0.547. The fourth-order valence-electron chi connectivity index (χ4n) is 1.35. The number of alkyl halides is 1. The third kappa shape index (κ3) is 5.64. The summed E-state index contributed by atoms with van der Waals surface area (Å²) in [7, 11) is 0. The summed E-state index contributed by atoms with van der Waals surface area (Å²) in [5, 5.41) is 8.20. The van der Waals surface area contributed by atoms with E-state index in [-0.39, 0.29) is 0 Å². The predicted molar refractivity (Wildman–Crippen MR) is 72.3 cm³/mol. The summed E-state index contributed by atoms with van der Waals surface area (Å²) in [5.41, 5.74) is 0.995. The van der Waals surface area contributed by atoms with Gasteiger partial charge in [0, 0.05) is 12.8 Å². The topological polar surface area (TPSA) is 39.9 Å². The van der Waals surface area contributed by atoms with Crippen LogP contribution in [-0.4, -0.2) is 28.2 Å². The highest BCUT2D eigenvalue weighted by Crippen LogP contribution is 2.23. The standard InChI is InChI=1S/C12H22BrN3O/c1-4-11(13)12-9-16(15-14-12)6-8-17-7-5-10(2)3/h9-11H,4-8H2,1-3H3. The third-order valence-electron chi connectivity index (χ3n) is 2.54. The van der Waals surface area contributed by atoms with Gasteiger partial charge < -0.3 is 4.74 Å². The highest BCUT2D eigenvalue weighted by Gasteiger charge is 2.09. The van der Waals surface area contributed by atoms with Crippen LogP contribution in [0.2, 0.25) is 0 Å². The van der Waals surface area contributed by atoms with Gasteiger partial charge in [0.25, 0.3) is 0 Å². The van der Waals surface area contributed by atoms with Crippen molar-refractivity contribution in [1.82, 2.24) is 15.0 Å². The largest absolute Gasteiger partial charge is 0.380 e. The Balaban J connectivity index is 2.21. The van der Waals surface area contributed by atoms with Crippen molar-refractivity contribution in [1.29, 1.82) is 0 Å². The summed E-state index contributed by atoms with van der Waals surface area (Å²) >= 11 is 3.56. The molecule has 0 aliphatic carbocycles. The number of ether oxygens (including phenoxy) is 1. The molecular weight excluding hydrogens is 282 g/mol. The van der Waals surface area contributed by atoms with Gasteiger partial charge in [-0.1, -0.05) is 41.9 Å². The molecule has 0 fully saturated rings. The second kappa shape index (κ2) is 7.82. The molecule has 0 amide bonds. The summed E-state index contributed by atoms with van der Waals surface area (Å²) in [6, 6.07) is 0. The Morgan fingerprint density at radius 2 is 2.18 bits per heavy atom. The molecule has 1 aromatic rings. The monoisotopic (exact) mass is 303 g/mol. The first-order valence-electron chi connectivity index (χ1n) is 6.25. The van der Waals surface area contributed by atoms with Gasteiger partial charge in [0.15, 0.2) is 0 Å². The highest BCUT2D eigenvalue weighted by molar-refractivity contribution is 9.09. The number of rotatable bonds is 8. The smallest absolute Gasteiger partial charge is 0.0963 e. The molecule has 1 aromatic heterocycles. The van der Waals surface area contributed by atoms with E-state index in [4.69, 9.17) is 4.74 Å². The first-order valence-corrected chi connectivity index (χ1v) is 7.16. The molecule has 0 saturated carbocycles. The molecule has 4 nitrogen and oxygen atoms in total. The molecule has 0 radical (unpaired) electrons. The predicted octanol–water partition coefficient (Wildman–Crippen LogP) is 3.19. The minimum Gasteiger partial charge on any atom is -0.380 e. The SMILES string of the molecule is CCC(Br)c1cn(CCOCCC(C)C)nn1. The molecule has 5 heteroatoms. The van der Waals surface area contributed by atoms with Crippen LogP contribution in [0.1, 0.15) is 44.1 Å². The molecule has 0 saturated heterocycles. The highest BCUT2D eigenvalue weighted by atomic mass is 79.9. The molecule has 1 atom stereocenters. The Kier molecular flexibility index (Phi) is 6.73. The van der Waals surface area contributed by atoms with Crippen LogP contribution in [0.3, 0.4) is 0 Å². The van der Waals surface area contributed by atoms with Crippen LogP contribution in [0.25, 0.3) is 0 Å². The Labute approximate surface area is 112 Å². The summed E-state index contributed by atoms with van der Waals surface area (Å²) < 4.78 is 7.39. The lowest BCUT2D eigenvalue weighted by Gasteiger charge is -2.06. The summed E-state index contributed by atoms with van der Waals surface area (Å²) in [5.74, 6) is 0.701. The van der Waals surface area contributed by atoms with Crippen molar-refractivity contribution in [3.8, 4) is 0 Å². The van der Waals surface area contributed by atoms with Crippen molar-refractivity contribution >= 4 is 15.9 Å². The molecule has 0 aliphatic heterocycles. The fourth-order valence-corrected chi connectivity index (χ4v) is 1.56. The number of halogens is 1. The van der Waals surface area contributed by atoms with Crippen LogP contribution in [0.4, 0.5) is 0 Å². The van der Waals surface area contributed by atoms with Gasteiger partial charge >= 0.3 is 0 Å². The maximum absolute atomic E-state index is 5.54. The van der Waals surface area contributed by atoms with Crippen molar-refractivity contribution < 1.29 is 4.74 Å². The zero-order valence-corrected chi connectivity index (χ0v) is 12.5. The number of aromatic nitrogens is 3. The Bertz CT molecular complexity index is 314. The van der Waals surface area contributed by atoms with Crippen molar-refractivity contribution in [2.75, 3.05) is 13.2 Å². The van der Waals surface area contributed by atoms with E-state index in [9.17, 15) is 0 Å². The molecule has 1 heterocycles. The lowest BCUT2D eigenvalue weighted by atomic mass is 10.1. The zero-order chi connectivity index (χ0) is 12.7. The van der Waals surface area contributed by atoms with Gasteiger partial charge in [0.05, 0.1) is 23.7 Å². The summed E-state index contributed by atoms with van der Waals surface area (Å²) in [4.78, 5) is 0.304. The van der Waals surface area contributed by atoms with E-state index in [0.717, 1.165) is 31.7 Å². The van der Waals surface area contributed by atoms with Crippen LogP contribution < -0.4 is 0 Å². The maximum Gasteiger partial charge on any atom is 0.0963 e. The second-order valence-electron chi connectivity index (χ2n) is 4.58. The molecule has 98 valence electrons. The van der Waals surface area contributed by atoms with Gasteiger partial charge in [-0.25, -0.2) is 4.68 Å². The molecule has 0 bridgehead atoms. The van der Waals surface area contributed by atoms with Crippen LogP contribution in [0.15, 0.2) is 6.20 Å². The fraction of sp³-hybridized carbons (Fsp3) is 0.833. The molecule has 0 N–H and O–H groups in total. The molecule has 17 heavy (non-hydrogen) atoms. The third-order valence-corrected chi connectivity index (χ3v) is 3.66. The minimum atomic E-state index is 0.304. The van der Waals surface area contributed by atoms with Gasteiger partial charge in [0.2, 0.25) is 0 Å². The van der Waals surface area contributed by atoms with Crippen molar-refractivity contribution in [2.45, 2.75) is 45.0 Å². The van der Waals surface area contributed by atoms with E-state index in [2.05, 4.69) is 47.0 Å². The maximum atomic E-state index is 5.54. The summed E-state index contributed by atoms with van der Waals surface area (Å²) in [6.45, 7) is 8.83. The Morgan fingerprint density at radius 1 is 1.41 bits per heavy atom. The van der Waals surface area contributed by atoms with Crippen LogP contribution in [0, 0.1) is 5.92 Å². The minimum absolute atomic E-state index is 0.304. The molecule has 1 unspecified atom stereocenters. The first kappa shape index (κ1) is 14.6. The van der Waals surface area contributed by atoms with Crippen LogP contribution in [-0.2, 0) is 11.3 Å². The Hall–Kier alpha value is -0.420.